The first-order chi connectivity index (χ1) is 15.2. The van der Waals surface area contributed by atoms with Crippen LogP contribution in [0.3, 0.4) is 0 Å². The van der Waals surface area contributed by atoms with Crippen molar-refractivity contribution in [1.82, 2.24) is 14.9 Å². The summed E-state index contributed by atoms with van der Waals surface area (Å²) in [5.74, 6) is -1.52. The van der Waals surface area contributed by atoms with E-state index in [2.05, 4.69) is 15.3 Å². The summed E-state index contributed by atoms with van der Waals surface area (Å²) in [6, 6.07) is 9.43. The third-order valence-corrected chi connectivity index (χ3v) is 4.92. The fourth-order valence-electron chi connectivity index (χ4n) is 3.27. The number of amides is 1. The predicted octanol–water partition coefficient (Wildman–Crippen LogP) is 3.61. The van der Waals surface area contributed by atoms with E-state index in [-0.39, 0.29) is 17.8 Å². The van der Waals surface area contributed by atoms with Crippen LogP contribution < -0.4 is 5.32 Å². The van der Waals surface area contributed by atoms with E-state index in [1.165, 1.54) is 7.11 Å². The van der Waals surface area contributed by atoms with E-state index in [1.807, 2.05) is 45.0 Å². The minimum atomic E-state index is -1.19. The lowest BCUT2D eigenvalue weighted by atomic mass is 10.1. The number of carbonyl (C=O) groups is 2. The minimum Gasteiger partial charge on any atom is -0.468 e. The van der Waals surface area contributed by atoms with Gasteiger partial charge in [-0.15, -0.1) is 0 Å². The number of hydrogen-bond acceptors (Lipinski definition) is 8. The second-order valence-corrected chi connectivity index (χ2v) is 8.72. The Kier molecular flexibility index (Phi) is 7.13. The van der Waals surface area contributed by atoms with Gasteiger partial charge in [0.2, 0.25) is 0 Å². The average molecular weight is 440 g/mol. The summed E-state index contributed by atoms with van der Waals surface area (Å²) in [7, 11) is 1.23. The van der Waals surface area contributed by atoms with E-state index in [1.54, 1.807) is 11.0 Å². The molecule has 32 heavy (non-hydrogen) atoms. The van der Waals surface area contributed by atoms with Gasteiger partial charge in [-0.2, -0.15) is 5.26 Å². The Bertz CT molecular complexity index is 1020. The van der Waals surface area contributed by atoms with Crippen LogP contribution >= 0.6 is 0 Å². The second kappa shape index (κ2) is 9.81. The van der Waals surface area contributed by atoms with Gasteiger partial charge < -0.3 is 19.7 Å². The van der Waals surface area contributed by atoms with Crippen molar-refractivity contribution >= 4 is 28.9 Å². The van der Waals surface area contributed by atoms with Gasteiger partial charge in [-0.05, 0) is 52.2 Å². The molecule has 1 atom stereocenters. The lowest BCUT2D eigenvalue weighted by Crippen LogP contribution is -2.39. The van der Waals surface area contributed by atoms with Crippen LogP contribution in [-0.4, -0.2) is 58.8 Å². The van der Waals surface area contributed by atoms with Gasteiger partial charge in [-0.25, -0.2) is 14.8 Å². The highest BCUT2D eigenvalue weighted by atomic mass is 16.6. The smallest absolute Gasteiger partial charge is 0.410 e. The van der Waals surface area contributed by atoms with Crippen molar-refractivity contribution in [3.63, 3.8) is 0 Å². The molecule has 1 aliphatic rings. The Labute approximate surface area is 187 Å². The number of rotatable bonds is 8. The van der Waals surface area contributed by atoms with E-state index in [9.17, 15) is 14.9 Å². The fraction of sp³-hybridized carbons (Fsp3) is 0.522. The van der Waals surface area contributed by atoms with Crippen LogP contribution in [0.25, 0.3) is 11.0 Å². The zero-order valence-corrected chi connectivity index (χ0v) is 18.9. The number of hydrogen-bond donors (Lipinski definition) is 1. The highest BCUT2D eigenvalue weighted by Gasteiger charge is 2.35. The lowest BCUT2D eigenvalue weighted by Gasteiger charge is -2.27. The van der Waals surface area contributed by atoms with Crippen molar-refractivity contribution in [2.45, 2.75) is 57.6 Å². The molecule has 1 saturated carbocycles. The van der Waals surface area contributed by atoms with Crippen molar-refractivity contribution in [3.05, 3.63) is 30.0 Å². The molecule has 2 aromatic rings. The van der Waals surface area contributed by atoms with Crippen molar-refractivity contribution in [2.75, 3.05) is 25.5 Å². The monoisotopic (exact) mass is 439 g/mol. The molecule has 0 bridgehead atoms. The van der Waals surface area contributed by atoms with Gasteiger partial charge in [-0.1, -0.05) is 12.1 Å². The van der Waals surface area contributed by atoms with Crippen LogP contribution in [0.15, 0.2) is 24.3 Å². The molecular formula is C23H29N5O4. The van der Waals surface area contributed by atoms with Crippen molar-refractivity contribution < 1.29 is 19.1 Å². The first-order valence-electron chi connectivity index (χ1n) is 10.7. The highest BCUT2D eigenvalue weighted by Crippen LogP contribution is 2.29. The third kappa shape index (κ3) is 5.84. The normalized spacial score (nSPS) is 14.3. The second-order valence-electron chi connectivity index (χ2n) is 8.72. The fourth-order valence-corrected chi connectivity index (χ4v) is 3.27. The van der Waals surface area contributed by atoms with Crippen LogP contribution in [-0.2, 0) is 14.3 Å². The molecule has 1 amide bonds. The molecule has 0 spiro atoms. The lowest BCUT2D eigenvalue weighted by molar-refractivity contribution is -0.141. The van der Waals surface area contributed by atoms with E-state index in [4.69, 9.17) is 9.47 Å². The average Bonchev–Trinajstić information content (AvgIpc) is 3.57. The van der Waals surface area contributed by atoms with Crippen molar-refractivity contribution in [2.24, 2.45) is 0 Å². The molecule has 1 unspecified atom stereocenters. The van der Waals surface area contributed by atoms with E-state index < -0.39 is 17.5 Å². The first-order valence-corrected chi connectivity index (χ1v) is 10.7. The summed E-state index contributed by atoms with van der Waals surface area (Å²) in [6.45, 7) is 6.56. The Morgan fingerprint density at radius 2 is 1.91 bits per heavy atom. The van der Waals surface area contributed by atoms with Crippen LogP contribution in [0.1, 0.15) is 51.6 Å². The molecule has 3 rings (SSSR count). The number of fused-ring (bicyclic) bond motifs is 1. The van der Waals surface area contributed by atoms with Crippen LogP contribution in [0, 0.1) is 11.3 Å². The minimum absolute atomic E-state index is 0.225. The number of nitrogens with zero attached hydrogens (tertiary/aromatic N) is 4. The van der Waals surface area contributed by atoms with E-state index >= 15 is 0 Å². The van der Waals surface area contributed by atoms with Gasteiger partial charge in [0.15, 0.2) is 11.7 Å². The highest BCUT2D eigenvalue weighted by molar-refractivity contribution is 5.84. The number of ether oxygens (including phenoxy) is 2. The molecule has 1 aliphatic carbocycles. The molecular weight excluding hydrogens is 410 g/mol. The molecule has 1 aromatic carbocycles. The maximum Gasteiger partial charge on any atom is 0.410 e. The number of benzene rings is 1. The maximum atomic E-state index is 12.5. The molecule has 0 saturated heterocycles. The number of para-hydroxylation sites is 2. The molecule has 9 nitrogen and oxygen atoms in total. The molecule has 0 radical (unpaired) electrons. The Balaban J connectivity index is 1.72. The number of anilines is 1. The molecule has 0 aliphatic heterocycles. The number of nitriles is 1. The Morgan fingerprint density at radius 3 is 2.47 bits per heavy atom. The third-order valence-electron chi connectivity index (χ3n) is 4.92. The summed E-state index contributed by atoms with van der Waals surface area (Å²) in [6.07, 6.45) is 2.30. The van der Waals surface area contributed by atoms with Gasteiger partial charge in [0, 0.05) is 19.1 Å². The standard InChI is InChI=1S/C23H29N5O4/c1-23(2,3)32-22(30)28(15-10-11-15)13-7-12-25-20-19(16(14-24)21(29)31-4)26-17-8-5-6-9-18(17)27-20/h5-6,8-9,15-16H,7,10-13H2,1-4H3,(H,25,27). The summed E-state index contributed by atoms with van der Waals surface area (Å²) in [5.41, 5.74) is 0.915. The number of esters is 1. The molecule has 1 aromatic heterocycles. The van der Waals surface area contributed by atoms with Gasteiger partial charge >= 0.3 is 12.1 Å². The zero-order valence-electron chi connectivity index (χ0n) is 18.9. The number of aromatic nitrogens is 2. The molecule has 9 heteroatoms. The first kappa shape index (κ1) is 23.3. The number of nitrogens with one attached hydrogen (secondary N) is 1. The summed E-state index contributed by atoms with van der Waals surface area (Å²) >= 11 is 0. The number of carbonyl (C=O) groups excluding carboxylic acids is 2. The topological polar surface area (TPSA) is 117 Å². The molecule has 1 heterocycles. The zero-order chi connectivity index (χ0) is 23.3. The SMILES string of the molecule is COC(=O)C(C#N)c1nc2ccccc2nc1NCCCN(C(=O)OC(C)(C)C)C1CC1. The van der Waals surface area contributed by atoms with Crippen molar-refractivity contribution in [1.29, 1.82) is 5.26 Å². The number of methoxy groups -OCH3 is 1. The van der Waals surface area contributed by atoms with Crippen molar-refractivity contribution in [3.8, 4) is 6.07 Å². The van der Waals surface area contributed by atoms with E-state index in [0.717, 1.165) is 12.8 Å². The predicted molar refractivity (Wildman–Crippen MR) is 119 cm³/mol. The van der Waals surface area contributed by atoms with Gasteiger partial charge in [0.05, 0.1) is 24.2 Å². The quantitative estimate of drug-likeness (QED) is 0.490. The van der Waals surface area contributed by atoms with Gasteiger partial charge in [-0.3, -0.25) is 4.79 Å². The van der Waals surface area contributed by atoms with Crippen LogP contribution in [0.5, 0.6) is 0 Å². The molecule has 1 N–H and O–H groups in total. The summed E-state index contributed by atoms with van der Waals surface area (Å²) in [5, 5.41) is 12.7. The summed E-state index contributed by atoms with van der Waals surface area (Å²) in [4.78, 5) is 35.5. The Hall–Kier alpha value is -3.41. The largest absolute Gasteiger partial charge is 0.468 e. The summed E-state index contributed by atoms with van der Waals surface area (Å²) < 4.78 is 10.3. The molecule has 1 fully saturated rings. The van der Waals surface area contributed by atoms with Gasteiger partial charge in [0.1, 0.15) is 11.3 Å². The van der Waals surface area contributed by atoms with Crippen LogP contribution in [0.4, 0.5) is 10.6 Å². The van der Waals surface area contributed by atoms with E-state index in [0.29, 0.717) is 36.4 Å². The maximum absolute atomic E-state index is 12.5. The molecule has 170 valence electrons. The van der Waals surface area contributed by atoms with Crippen LogP contribution in [0.2, 0.25) is 0 Å². The Morgan fingerprint density at radius 1 is 1.25 bits per heavy atom. The van der Waals surface area contributed by atoms with Gasteiger partial charge in [0.25, 0.3) is 0 Å².